The third kappa shape index (κ3) is 5.17. The van der Waals surface area contributed by atoms with E-state index >= 15 is 0 Å². The molecule has 23 heavy (non-hydrogen) atoms. The van der Waals surface area contributed by atoms with Crippen LogP contribution < -0.4 is 0 Å². The smallest absolute Gasteiger partial charge is 0.333 e. The van der Waals surface area contributed by atoms with Crippen molar-refractivity contribution >= 4 is 17.8 Å². The molecule has 0 aliphatic carbocycles. The molecule has 0 spiro atoms. The third-order valence-electron chi connectivity index (χ3n) is 3.43. The molecule has 1 aromatic rings. The molecule has 0 N–H and O–H groups in total. The van der Waals surface area contributed by atoms with E-state index in [1.807, 2.05) is 44.2 Å². The third-order valence-corrected chi connectivity index (χ3v) is 3.43. The Bertz CT molecular complexity index is 566. The van der Waals surface area contributed by atoms with E-state index in [1.54, 1.807) is 0 Å². The second kappa shape index (κ2) is 7.37. The topological polar surface area (TPSA) is 72.9 Å². The average Bonchev–Trinajstić information content (AvgIpc) is 2.79. The van der Waals surface area contributed by atoms with Crippen LogP contribution in [0.2, 0.25) is 0 Å². The normalized spacial score (nSPS) is 15.1. The molecule has 6 heteroatoms. The molecule has 2 amide bonds. The Hall–Kier alpha value is -2.21. The van der Waals surface area contributed by atoms with E-state index in [0.717, 1.165) is 5.56 Å². The number of ether oxygens (including phenoxy) is 1. The first-order chi connectivity index (χ1) is 10.9. The van der Waals surface area contributed by atoms with Crippen molar-refractivity contribution < 1.29 is 24.0 Å². The van der Waals surface area contributed by atoms with Crippen LogP contribution in [0.3, 0.4) is 0 Å². The lowest BCUT2D eigenvalue weighted by molar-refractivity contribution is -0.199. The van der Waals surface area contributed by atoms with Crippen molar-refractivity contribution in [3.63, 3.8) is 0 Å². The highest BCUT2D eigenvalue weighted by Crippen LogP contribution is 2.23. The molecule has 1 aromatic carbocycles. The van der Waals surface area contributed by atoms with Crippen LogP contribution in [0.1, 0.15) is 38.7 Å². The molecule has 0 aromatic heterocycles. The summed E-state index contributed by atoms with van der Waals surface area (Å²) in [5.74, 6) is -1.55. The molecule has 0 atom stereocenters. The number of hydrogen-bond donors (Lipinski definition) is 0. The fraction of sp³-hybridized carbons (Fsp3) is 0.471. The van der Waals surface area contributed by atoms with E-state index in [4.69, 9.17) is 9.57 Å². The summed E-state index contributed by atoms with van der Waals surface area (Å²) in [6.45, 7) is 4.56. The molecule has 1 fully saturated rings. The van der Waals surface area contributed by atoms with Crippen molar-refractivity contribution in [1.29, 1.82) is 0 Å². The second-order valence-electron chi connectivity index (χ2n) is 6.36. The summed E-state index contributed by atoms with van der Waals surface area (Å²) in [5, 5.41) is 0.573. The zero-order valence-electron chi connectivity index (χ0n) is 13.4. The Labute approximate surface area is 135 Å². The monoisotopic (exact) mass is 319 g/mol. The molecular formula is C17H21NO5. The lowest BCUT2D eigenvalue weighted by Crippen LogP contribution is -2.34. The van der Waals surface area contributed by atoms with E-state index < -0.39 is 23.2 Å². The number of amides is 2. The van der Waals surface area contributed by atoms with Gasteiger partial charge in [-0.25, -0.2) is 4.79 Å². The average molecular weight is 319 g/mol. The van der Waals surface area contributed by atoms with Gasteiger partial charge in [0.1, 0.15) is 0 Å². The number of hydrogen-bond acceptors (Lipinski definition) is 5. The predicted molar refractivity (Wildman–Crippen MR) is 81.7 cm³/mol. The van der Waals surface area contributed by atoms with Crippen LogP contribution >= 0.6 is 0 Å². The van der Waals surface area contributed by atoms with Gasteiger partial charge < -0.3 is 9.57 Å². The van der Waals surface area contributed by atoms with Crippen LogP contribution in [0.4, 0.5) is 0 Å². The highest BCUT2D eigenvalue weighted by Gasteiger charge is 2.34. The molecule has 0 unspecified atom stereocenters. The van der Waals surface area contributed by atoms with Gasteiger partial charge in [-0.3, -0.25) is 9.59 Å². The van der Waals surface area contributed by atoms with Gasteiger partial charge in [-0.05, 0) is 11.0 Å². The fourth-order valence-corrected chi connectivity index (χ4v) is 2.25. The number of carbonyl (C=O) groups is 3. The minimum Gasteiger partial charge on any atom is -0.376 e. The molecular weight excluding hydrogens is 298 g/mol. The second-order valence-corrected chi connectivity index (χ2v) is 6.36. The van der Waals surface area contributed by atoms with Gasteiger partial charge >= 0.3 is 5.97 Å². The Balaban J connectivity index is 1.77. The lowest BCUT2D eigenvalue weighted by atomic mass is 9.90. The van der Waals surface area contributed by atoms with Gasteiger partial charge in [-0.2, -0.15) is 0 Å². The summed E-state index contributed by atoms with van der Waals surface area (Å²) in [6, 6.07) is 9.73. The number of imide groups is 1. The molecule has 0 radical (unpaired) electrons. The number of benzene rings is 1. The Morgan fingerprint density at radius 3 is 2.35 bits per heavy atom. The quantitative estimate of drug-likeness (QED) is 0.721. The summed E-state index contributed by atoms with van der Waals surface area (Å²) in [7, 11) is 0. The minimum absolute atomic E-state index is 0.0544. The number of rotatable bonds is 7. The summed E-state index contributed by atoms with van der Waals surface area (Å²) >= 11 is 0. The zero-order chi connectivity index (χ0) is 16.9. The van der Waals surface area contributed by atoms with Crippen molar-refractivity contribution in [2.45, 2.75) is 39.7 Å². The zero-order valence-corrected chi connectivity index (χ0v) is 13.4. The summed E-state index contributed by atoms with van der Waals surface area (Å²) in [4.78, 5) is 39.6. The van der Waals surface area contributed by atoms with Gasteiger partial charge in [0.15, 0.2) is 0 Å². The Kier molecular flexibility index (Phi) is 5.50. The molecule has 1 aliphatic rings. The number of carbonyl (C=O) groups excluding carboxylic acids is 3. The van der Waals surface area contributed by atoms with Gasteiger partial charge in [0.2, 0.25) is 0 Å². The van der Waals surface area contributed by atoms with Crippen LogP contribution in [0.5, 0.6) is 0 Å². The number of hydroxylamine groups is 2. The van der Waals surface area contributed by atoms with Crippen LogP contribution in [-0.2, 0) is 30.6 Å². The molecule has 1 aliphatic heterocycles. The molecule has 2 rings (SSSR count). The first kappa shape index (κ1) is 17.1. The first-order valence-electron chi connectivity index (χ1n) is 7.56. The van der Waals surface area contributed by atoms with E-state index in [9.17, 15) is 14.4 Å². The van der Waals surface area contributed by atoms with Crippen LogP contribution in [-0.4, -0.2) is 29.5 Å². The van der Waals surface area contributed by atoms with Crippen LogP contribution in [0, 0.1) is 5.41 Å². The van der Waals surface area contributed by atoms with Crippen molar-refractivity contribution in [3.8, 4) is 0 Å². The molecule has 1 heterocycles. The number of nitrogens with zero attached hydrogens (tertiary/aromatic N) is 1. The minimum atomic E-state index is -0.609. The molecule has 6 nitrogen and oxygen atoms in total. The Morgan fingerprint density at radius 1 is 1.13 bits per heavy atom. The SMILES string of the molecule is CC(C)(COCc1ccccc1)CC(=O)ON1C(=O)CCC1=O. The van der Waals surface area contributed by atoms with Gasteiger partial charge in [-0.1, -0.05) is 44.2 Å². The maximum atomic E-state index is 11.9. The van der Waals surface area contributed by atoms with Crippen molar-refractivity contribution in [2.75, 3.05) is 6.61 Å². The maximum Gasteiger partial charge on any atom is 0.333 e. The highest BCUT2D eigenvalue weighted by molar-refractivity contribution is 6.01. The molecule has 1 saturated heterocycles. The summed E-state index contributed by atoms with van der Waals surface area (Å²) in [5.41, 5.74) is 0.594. The molecule has 124 valence electrons. The summed E-state index contributed by atoms with van der Waals surface area (Å²) in [6.07, 6.45) is 0.240. The fourth-order valence-electron chi connectivity index (χ4n) is 2.25. The van der Waals surface area contributed by atoms with Gasteiger partial charge in [0.05, 0.1) is 19.6 Å². The van der Waals surface area contributed by atoms with Gasteiger partial charge in [-0.15, -0.1) is 5.06 Å². The van der Waals surface area contributed by atoms with Crippen LogP contribution in [0.15, 0.2) is 30.3 Å². The lowest BCUT2D eigenvalue weighted by Gasteiger charge is -2.24. The largest absolute Gasteiger partial charge is 0.376 e. The van der Waals surface area contributed by atoms with Crippen molar-refractivity contribution in [1.82, 2.24) is 5.06 Å². The van der Waals surface area contributed by atoms with Crippen molar-refractivity contribution in [3.05, 3.63) is 35.9 Å². The standard InChI is InChI=1S/C17H21NO5/c1-17(2,12-22-11-13-6-4-3-5-7-13)10-16(21)23-18-14(19)8-9-15(18)20/h3-7H,8-12H2,1-2H3. The summed E-state index contributed by atoms with van der Waals surface area (Å²) < 4.78 is 5.64. The van der Waals surface area contributed by atoms with E-state index in [2.05, 4.69) is 0 Å². The highest BCUT2D eigenvalue weighted by atomic mass is 16.7. The van der Waals surface area contributed by atoms with E-state index in [1.165, 1.54) is 0 Å². The predicted octanol–water partition coefficient (Wildman–Crippen LogP) is 2.23. The van der Waals surface area contributed by atoms with Gasteiger partial charge in [0.25, 0.3) is 11.8 Å². The molecule has 0 saturated carbocycles. The van der Waals surface area contributed by atoms with E-state index in [0.29, 0.717) is 18.3 Å². The first-order valence-corrected chi connectivity index (χ1v) is 7.56. The maximum absolute atomic E-state index is 11.9. The van der Waals surface area contributed by atoms with Crippen LogP contribution in [0.25, 0.3) is 0 Å². The van der Waals surface area contributed by atoms with E-state index in [-0.39, 0.29) is 19.3 Å². The van der Waals surface area contributed by atoms with Crippen molar-refractivity contribution in [2.24, 2.45) is 5.41 Å². The van der Waals surface area contributed by atoms with Gasteiger partial charge in [0, 0.05) is 12.8 Å². The molecule has 0 bridgehead atoms. The Morgan fingerprint density at radius 2 is 1.74 bits per heavy atom.